The van der Waals surface area contributed by atoms with Gasteiger partial charge in [0.2, 0.25) is 10.0 Å². The first kappa shape index (κ1) is 16.8. The molecule has 0 unspecified atom stereocenters. The minimum Gasteiger partial charge on any atom is -0.550 e. The summed E-state index contributed by atoms with van der Waals surface area (Å²) in [7, 11) is -3.60. The van der Waals surface area contributed by atoms with Crippen molar-refractivity contribution in [3.8, 4) is 5.75 Å². The Kier molecular flexibility index (Phi) is 5.08. The lowest BCUT2D eigenvalue weighted by Crippen LogP contribution is -2.43. The molecule has 0 spiro atoms. The van der Waals surface area contributed by atoms with Gasteiger partial charge < -0.3 is 14.6 Å². The molecule has 0 atom stereocenters. The van der Waals surface area contributed by atoms with Gasteiger partial charge in [0.05, 0.1) is 11.5 Å². The summed E-state index contributed by atoms with van der Waals surface area (Å²) >= 11 is 0. The molecular weight excluding hydrogens is 306 g/mol. The number of rotatable bonds is 5. The predicted octanol–water partition coefficient (Wildman–Crippen LogP) is 0.544. The first-order chi connectivity index (χ1) is 10.4. The summed E-state index contributed by atoms with van der Waals surface area (Å²) in [5.74, 6) is -1.00. The molecule has 6 nitrogen and oxygen atoms in total. The van der Waals surface area contributed by atoms with Crippen LogP contribution in [0.25, 0.3) is 0 Å². The van der Waals surface area contributed by atoms with Gasteiger partial charge in [-0.15, -0.1) is 0 Å². The third-order valence-corrected chi connectivity index (χ3v) is 5.77. The Hall–Kier alpha value is -1.60. The van der Waals surface area contributed by atoms with Crippen molar-refractivity contribution in [2.45, 2.75) is 31.6 Å². The maximum absolute atomic E-state index is 12.6. The van der Waals surface area contributed by atoms with E-state index in [0.29, 0.717) is 12.4 Å². The molecule has 2 rings (SSSR count). The average molecular weight is 326 g/mol. The Balaban J connectivity index is 2.17. The van der Waals surface area contributed by atoms with Crippen LogP contribution >= 0.6 is 0 Å². The highest BCUT2D eigenvalue weighted by molar-refractivity contribution is 7.89. The fourth-order valence-corrected chi connectivity index (χ4v) is 4.14. The summed E-state index contributed by atoms with van der Waals surface area (Å²) in [5.41, 5.74) is 0.757. The van der Waals surface area contributed by atoms with Gasteiger partial charge in [-0.25, -0.2) is 8.42 Å². The molecule has 0 bridgehead atoms. The predicted molar refractivity (Wildman–Crippen MR) is 78.8 cm³/mol. The van der Waals surface area contributed by atoms with Crippen LogP contribution < -0.4 is 9.84 Å². The second-order valence-corrected chi connectivity index (χ2v) is 7.30. The number of hydrogen-bond acceptors (Lipinski definition) is 5. The highest BCUT2D eigenvalue weighted by Crippen LogP contribution is 2.27. The van der Waals surface area contributed by atoms with Crippen LogP contribution in [0, 0.1) is 12.8 Å². The van der Waals surface area contributed by atoms with Crippen molar-refractivity contribution in [3.05, 3.63) is 23.8 Å². The lowest BCUT2D eigenvalue weighted by molar-refractivity contribution is -0.312. The van der Waals surface area contributed by atoms with Gasteiger partial charge in [-0.2, -0.15) is 4.31 Å². The monoisotopic (exact) mass is 326 g/mol. The molecule has 1 aliphatic rings. The number of ether oxygens (including phenoxy) is 1. The van der Waals surface area contributed by atoms with Crippen LogP contribution in [0.2, 0.25) is 0 Å². The van der Waals surface area contributed by atoms with Gasteiger partial charge in [-0.3, -0.25) is 0 Å². The van der Waals surface area contributed by atoms with Crippen molar-refractivity contribution >= 4 is 16.0 Å². The van der Waals surface area contributed by atoms with E-state index < -0.39 is 21.9 Å². The minimum absolute atomic E-state index is 0.202. The van der Waals surface area contributed by atoms with Gasteiger partial charge in [-0.1, -0.05) is 0 Å². The maximum Gasteiger partial charge on any atom is 0.243 e. The van der Waals surface area contributed by atoms with E-state index in [0.717, 1.165) is 5.56 Å². The summed E-state index contributed by atoms with van der Waals surface area (Å²) in [6, 6.07) is 4.77. The summed E-state index contributed by atoms with van der Waals surface area (Å²) in [5, 5.41) is 10.8. The number of carboxylic acids is 1. The molecule has 0 saturated carbocycles. The zero-order chi connectivity index (χ0) is 16.3. The largest absolute Gasteiger partial charge is 0.550 e. The van der Waals surface area contributed by atoms with E-state index in [9.17, 15) is 18.3 Å². The first-order valence-corrected chi connectivity index (χ1v) is 8.74. The molecule has 1 fully saturated rings. The number of carboxylic acid groups (broad SMARTS) is 1. The first-order valence-electron chi connectivity index (χ1n) is 7.30. The van der Waals surface area contributed by atoms with Gasteiger partial charge >= 0.3 is 0 Å². The van der Waals surface area contributed by atoms with Crippen LogP contribution in [0.4, 0.5) is 0 Å². The van der Waals surface area contributed by atoms with Gasteiger partial charge in [0.25, 0.3) is 0 Å². The fourth-order valence-electron chi connectivity index (χ4n) is 2.58. The molecule has 122 valence electrons. The van der Waals surface area contributed by atoms with E-state index in [1.807, 2.05) is 6.92 Å². The number of carbonyl (C=O) groups excluding carboxylic acids is 1. The summed E-state index contributed by atoms with van der Waals surface area (Å²) in [6.07, 6.45) is 0.579. The van der Waals surface area contributed by atoms with Crippen molar-refractivity contribution in [2.75, 3.05) is 19.7 Å². The molecule has 1 heterocycles. The van der Waals surface area contributed by atoms with Crippen LogP contribution in [-0.2, 0) is 14.8 Å². The minimum atomic E-state index is -3.60. The van der Waals surface area contributed by atoms with Gasteiger partial charge in [0.1, 0.15) is 5.75 Å². The quantitative estimate of drug-likeness (QED) is 0.788. The summed E-state index contributed by atoms with van der Waals surface area (Å²) in [6.45, 7) is 4.59. The normalized spacial score (nSPS) is 17.4. The number of aliphatic carboxylic acids is 1. The lowest BCUT2D eigenvalue weighted by atomic mass is 9.99. The number of sulfonamides is 1. The van der Waals surface area contributed by atoms with Crippen molar-refractivity contribution in [1.82, 2.24) is 4.31 Å². The Labute approximate surface area is 130 Å². The van der Waals surface area contributed by atoms with Crippen LogP contribution in [0.1, 0.15) is 25.3 Å². The number of benzene rings is 1. The second kappa shape index (κ2) is 6.66. The maximum atomic E-state index is 12.6. The Morgan fingerprint density at radius 1 is 1.36 bits per heavy atom. The molecule has 1 aliphatic heterocycles. The highest BCUT2D eigenvalue weighted by Gasteiger charge is 2.30. The van der Waals surface area contributed by atoms with Crippen LogP contribution in [0.15, 0.2) is 23.1 Å². The molecule has 0 N–H and O–H groups in total. The molecule has 1 saturated heterocycles. The van der Waals surface area contributed by atoms with Crippen molar-refractivity contribution in [2.24, 2.45) is 5.92 Å². The van der Waals surface area contributed by atoms with Gasteiger partial charge in [-0.05, 0) is 50.5 Å². The topological polar surface area (TPSA) is 86.7 Å². The Morgan fingerprint density at radius 2 is 2.00 bits per heavy atom. The third-order valence-electron chi connectivity index (χ3n) is 3.87. The van der Waals surface area contributed by atoms with E-state index >= 15 is 0 Å². The Morgan fingerprint density at radius 3 is 2.50 bits per heavy atom. The molecule has 0 aliphatic carbocycles. The molecule has 22 heavy (non-hydrogen) atoms. The van der Waals surface area contributed by atoms with Crippen molar-refractivity contribution in [3.63, 3.8) is 0 Å². The van der Waals surface area contributed by atoms with E-state index in [1.165, 1.54) is 10.4 Å². The molecular formula is C15H20NO5S-. The van der Waals surface area contributed by atoms with E-state index in [-0.39, 0.29) is 30.8 Å². The molecule has 0 aromatic heterocycles. The van der Waals surface area contributed by atoms with Gasteiger partial charge in [0.15, 0.2) is 0 Å². The highest BCUT2D eigenvalue weighted by atomic mass is 32.2. The van der Waals surface area contributed by atoms with E-state index in [2.05, 4.69) is 0 Å². The lowest BCUT2D eigenvalue weighted by Gasteiger charge is -2.31. The molecule has 0 amide bonds. The fraction of sp³-hybridized carbons (Fsp3) is 0.533. The summed E-state index contributed by atoms with van der Waals surface area (Å²) < 4.78 is 32.0. The standard InChI is InChI=1S/C15H21NO5S/c1-3-21-14-5-4-13(10-11(14)2)22(19,20)16-8-6-12(7-9-16)15(17)18/h4-5,10,12H,3,6-9H2,1-2H3,(H,17,18)/p-1. The zero-order valence-corrected chi connectivity index (χ0v) is 13.6. The van der Waals surface area contributed by atoms with Crippen molar-refractivity contribution in [1.29, 1.82) is 0 Å². The number of carbonyl (C=O) groups is 1. The van der Waals surface area contributed by atoms with Crippen LogP contribution in [-0.4, -0.2) is 38.4 Å². The second-order valence-electron chi connectivity index (χ2n) is 5.36. The molecule has 1 aromatic carbocycles. The van der Waals surface area contributed by atoms with Crippen LogP contribution in [0.3, 0.4) is 0 Å². The smallest absolute Gasteiger partial charge is 0.243 e. The van der Waals surface area contributed by atoms with Crippen LogP contribution in [0.5, 0.6) is 5.75 Å². The third kappa shape index (κ3) is 3.41. The molecule has 0 radical (unpaired) electrons. The van der Waals surface area contributed by atoms with E-state index in [4.69, 9.17) is 4.74 Å². The molecule has 1 aromatic rings. The van der Waals surface area contributed by atoms with E-state index in [1.54, 1.807) is 19.1 Å². The van der Waals surface area contributed by atoms with Crippen molar-refractivity contribution < 1.29 is 23.1 Å². The number of aryl methyl sites for hydroxylation is 1. The number of hydrogen-bond donors (Lipinski definition) is 0. The SMILES string of the molecule is CCOc1ccc(S(=O)(=O)N2CCC(C(=O)[O-])CC2)cc1C. The molecule has 7 heteroatoms. The average Bonchev–Trinajstić information content (AvgIpc) is 2.49. The number of nitrogens with zero attached hydrogens (tertiary/aromatic N) is 1. The number of piperidine rings is 1. The Bertz CT molecular complexity index is 648. The summed E-state index contributed by atoms with van der Waals surface area (Å²) in [4.78, 5) is 11.0. The zero-order valence-electron chi connectivity index (χ0n) is 12.7. The van der Waals surface area contributed by atoms with Gasteiger partial charge in [0, 0.05) is 25.0 Å².